The van der Waals surface area contributed by atoms with Gasteiger partial charge in [-0.15, -0.1) is 0 Å². The van der Waals surface area contributed by atoms with Crippen LogP contribution in [0.25, 0.3) is 5.69 Å². The molecule has 1 aromatic carbocycles. The SMILES string of the molecule is O=c1n(C[C@@H]2CCCCO2)nnn1-c1ccccc1. The minimum Gasteiger partial charge on any atom is -0.376 e. The molecule has 0 saturated carbocycles. The molecule has 1 aromatic heterocycles. The van der Waals surface area contributed by atoms with Gasteiger partial charge in [0.05, 0.1) is 18.3 Å². The highest BCUT2D eigenvalue weighted by Crippen LogP contribution is 2.13. The fourth-order valence-corrected chi connectivity index (χ4v) is 2.26. The van der Waals surface area contributed by atoms with Gasteiger partial charge in [-0.25, -0.2) is 4.79 Å². The van der Waals surface area contributed by atoms with Gasteiger partial charge in [0.1, 0.15) is 0 Å². The molecule has 1 saturated heterocycles. The Morgan fingerprint density at radius 1 is 1.21 bits per heavy atom. The summed E-state index contributed by atoms with van der Waals surface area (Å²) in [5, 5.41) is 7.84. The highest BCUT2D eigenvalue weighted by Gasteiger charge is 2.17. The Morgan fingerprint density at radius 2 is 2.05 bits per heavy atom. The van der Waals surface area contributed by atoms with Crippen molar-refractivity contribution in [1.29, 1.82) is 0 Å². The zero-order valence-electron chi connectivity index (χ0n) is 10.6. The van der Waals surface area contributed by atoms with E-state index < -0.39 is 0 Å². The molecule has 6 heteroatoms. The van der Waals surface area contributed by atoms with E-state index in [1.165, 1.54) is 9.36 Å². The highest BCUT2D eigenvalue weighted by molar-refractivity contribution is 5.28. The van der Waals surface area contributed by atoms with Crippen LogP contribution in [0.5, 0.6) is 0 Å². The van der Waals surface area contributed by atoms with Crippen LogP contribution in [0.1, 0.15) is 19.3 Å². The number of tetrazole rings is 1. The first-order valence-corrected chi connectivity index (χ1v) is 6.54. The number of nitrogens with zero attached hydrogens (tertiary/aromatic N) is 4. The van der Waals surface area contributed by atoms with Crippen molar-refractivity contribution in [2.75, 3.05) is 6.61 Å². The monoisotopic (exact) mass is 260 g/mol. The summed E-state index contributed by atoms with van der Waals surface area (Å²) < 4.78 is 8.30. The average molecular weight is 260 g/mol. The van der Waals surface area contributed by atoms with Crippen molar-refractivity contribution in [1.82, 2.24) is 19.8 Å². The van der Waals surface area contributed by atoms with E-state index in [-0.39, 0.29) is 11.8 Å². The van der Waals surface area contributed by atoms with Gasteiger partial charge in [-0.05, 0) is 41.8 Å². The van der Waals surface area contributed by atoms with E-state index in [1.807, 2.05) is 30.3 Å². The Bertz CT molecular complexity index is 584. The van der Waals surface area contributed by atoms with E-state index in [4.69, 9.17) is 4.74 Å². The summed E-state index contributed by atoms with van der Waals surface area (Å²) in [5.74, 6) is 0. The van der Waals surface area contributed by atoms with Crippen molar-refractivity contribution < 1.29 is 4.74 Å². The number of aromatic nitrogens is 4. The van der Waals surface area contributed by atoms with Gasteiger partial charge in [-0.1, -0.05) is 18.2 Å². The van der Waals surface area contributed by atoms with Crippen LogP contribution in [-0.2, 0) is 11.3 Å². The molecule has 0 spiro atoms. The Labute approximate surface area is 110 Å². The topological polar surface area (TPSA) is 61.9 Å². The van der Waals surface area contributed by atoms with Crippen molar-refractivity contribution in [3.63, 3.8) is 0 Å². The van der Waals surface area contributed by atoms with Crippen LogP contribution in [0.15, 0.2) is 35.1 Å². The molecular formula is C13H16N4O2. The second kappa shape index (κ2) is 5.36. The lowest BCUT2D eigenvalue weighted by molar-refractivity contribution is 0.00310. The van der Waals surface area contributed by atoms with Gasteiger partial charge in [-0.2, -0.15) is 9.36 Å². The Morgan fingerprint density at radius 3 is 2.79 bits per heavy atom. The van der Waals surface area contributed by atoms with Gasteiger partial charge in [0.25, 0.3) is 0 Å². The molecule has 2 heterocycles. The van der Waals surface area contributed by atoms with Crippen LogP contribution in [0, 0.1) is 0 Å². The Balaban J connectivity index is 1.81. The third-order valence-corrected chi connectivity index (χ3v) is 3.29. The third kappa shape index (κ3) is 2.58. The standard InChI is InChI=1S/C13H16N4O2/c18-13-16(10-12-8-4-5-9-19-12)14-15-17(13)11-6-2-1-3-7-11/h1-3,6-7,12H,4-5,8-10H2/t12-/m0/s1. The van der Waals surface area contributed by atoms with E-state index in [0.717, 1.165) is 31.6 Å². The van der Waals surface area contributed by atoms with E-state index in [2.05, 4.69) is 10.4 Å². The van der Waals surface area contributed by atoms with E-state index >= 15 is 0 Å². The molecule has 3 rings (SSSR count). The fourth-order valence-electron chi connectivity index (χ4n) is 2.26. The molecule has 19 heavy (non-hydrogen) atoms. The number of benzene rings is 1. The largest absolute Gasteiger partial charge is 0.376 e. The summed E-state index contributed by atoms with van der Waals surface area (Å²) in [5.41, 5.74) is 0.503. The molecule has 0 bridgehead atoms. The molecule has 1 aliphatic heterocycles. The zero-order chi connectivity index (χ0) is 13.1. The number of ether oxygens (including phenoxy) is 1. The molecule has 0 N–H and O–H groups in total. The second-order valence-corrected chi connectivity index (χ2v) is 4.68. The van der Waals surface area contributed by atoms with Crippen molar-refractivity contribution in [2.24, 2.45) is 0 Å². The maximum atomic E-state index is 12.2. The lowest BCUT2D eigenvalue weighted by Crippen LogP contribution is -2.32. The van der Waals surface area contributed by atoms with Crippen LogP contribution in [-0.4, -0.2) is 32.5 Å². The number of hydrogen-bond donors (Lipinski definition) is 0. The van der Waals surface area contributed by atoms with Crippen LogP contribution >= 0.6 is 0 Å². The molecular weight excluding hydrogens is 244 g/mol. The molecule has 0 aliphatic carbocycles. The van der Waals surface area contributed by atoms with Crippen LogP contribution in [0.4, 0.5) is 0 Å². The zero-order valence-corrected chi connectivity index (χ0v) is 10.6. The molecule has 1 fully saturated rings. The third-order valence-electron chi connectivity index (χ3n) is 3.29. The quantitative estimate of drug-likeness (QED) is 0.826. The van der Waals surface area contributed by atoms with Crippen molar-refractivity contribution in [2.45, 2.75) is 31.9 Å². The normalized spacial score (nSPS) is 19.5. The van der Waals surface area contributed by atoms with Crippen molar-refractivity contribution in [3.8, 4) is 5.69 Å². The first-order chi connectivity index (χ1) is 9.34. The molecule has 1 atom stereocenters. The Kier molecular flexibility index (Phi) is 3.41. The average Bonchev–Trinajstić information content (AvgIpc) is 2.82. The number of para-hydroxylation sites is 1. The second-order valence-electron chi connectivity index (χ2n) is 4.68. The Hall–Kier alpha value is -1.95. The molecule has 6 nitrogen and oxygen atoms in total. The maximum Gasteiger partial charge on any atom is 0.368 e. The summed E-state index contributed by atoms with van der Waals surface area (Å²) in [7, 11) is 0. The summed E-state index contributed by atoms with van der Waals surface area (Å²) in [6, 6.07) is 9.29. The minimum absolute atomic E-state index is 0.0763. The first kappa shape index (κ1) is 12.1. The smallest absolute Gasteiger partial charge is 0.368 e. The predicted octanol–water partition coefficient (Wildman–Crippen LogP) is 0.998. The lowest BCUT2D eigenvalue weighted by atomic mass is 10.1. The fraction of sp³-hybridized carbons (Fsp3) is 0.462. The van der Waals surface area contributed by atoms with E-state index in [0.29, 0.717) is 6.54 Å². The van der Waals surface area contributed by atoms with Gasteiger partial charge >= 0.3 is 5.69 Å². The molecule has 0 unspecified atom stereocenters. The van der Waals surface area contributed by atoms with Crippen molar-refractivity contribution in [3.05, 3.63) is 40.8 Å². The van der Waals surface area contributed by atoms with Crippen molar-refractivity contribution >= 4 is 0 Å². The molecule has 0 radical (unpaired) electrons. The molecule has 1 aliphatic rings. The molecule has 100 valence electrons. The van der Waals surface area contributed by atoms with Gasteiger partial charge in [0, 0.05) is 6.61 Å². The van der Waals surface area contributed by atoms with Gasteiger partial charge in [0.2, 0.25) is 0 Å². The van der Waals surface area contributed by atoms with Gasteiger partial charge in [-0.3, -0.25) is 0 Å². The lowest BCUT2D eigenvalue weighted by Gasteiger charge is -2.21. The van der Waals surface area contributed by atoms with Gasteiger partial charge in [0.15, 0.2) is 0 Å². The van der Waals surface area contributed by atoms with Crippen LogP contribution in [0.2, 0.25) is 0 Å². The molecule has 0 amide bonds. The van der Waals surface area contributed by atoms with Gasteiger partial charge < -0.3 is 4.74 Å². The number of hydrogen-bond acceptors (Lipinski definition) is 4. The maximum absolute atomic E-state index is 12.2. The summed E-state index contributed by atoms with van der Waals surface area (Å²) >= 11 is 0. The highest BCUT2D eigenvalue weighted by atomic mass is 16.5. The van der Waals surface area contributed by atoms with Crippen LogP contribution < -0.4 is 5.69 Å². The van der Waals surface area contributed by atoms with E-state index in [9.17, 15) is 4.79 Å². The summed E-state index contributed by atoms with van der Waals surface area (Å²) in [4.78, 5) is 12.2. The first-order valence-electron chi connectivity index (χ1n) is 6.54. The molecule has 2 aromatic rings. The number of rotatable bonds is 3. The summed E-state index contributed by atoms with van der Waals surface area (Å²) in [6.45, 7) is 1.25. The van der Waals surface area contributed by atoms with Crippen LogP contribution in [0.3, 0.4) is 0 Å². The minimum atomic E-state index is -0.222. The summed E-state index contributed by atoms with van der Waals surface area (Å²) in [6.07, 6.45) is 3.30. The van der Waals surface area contributed by atoms with E-state index in [1.54, 1.807) is 0 Å². The predicted molar refractivity (Wildman–Crippen MR) is 69.2 cm³/mol.